The maximum Gasteiger partial charge on any atom is 0.435 e. The number of nitrogens with zero attached hydrogens (tertiary/aromatic N) is 4. The average molecular weight is 407 g/mol. The SMILES string of the molecule is O=C(Cn1ccc(C(F)(F)F)n1)N/N=C/c1ccc(-c2ccc([N+](=O)[O-])cc2)o1. The van der Waals surface area contributed by atoms with E-state index in [0.717, 1.165) is 16.9 Å². The number of alkyl halides is 3. The molecule has 0 saturated carbocycles. The van der Waals surface area contributed by atoms with Crippen molar-refractivity contribution in [3.05, 3.63) is 70.2 Å². The van der Waals surface area contributed by atoms with Gasteiger partial charge in [0.15, 0.2) is 5.69 Å². The standard InChI is InChI=1S/C17H12F3N5O4/c18-17(19,20)15-7-8-24(23-15)10-16(26)22-21-9-13-5-6-14(29-13)11-1-3-12(4-2-11)25(27)28/h1-9H,10H2,(H,22,26)/b21-9+. The second-order valence-electron chi connectivity index (χ2n) is 5.70. The molecule has 1 N–H and O–H groups in total. The second-order valence-corrected chi connectivity index (χ2v) is 5.70. The normalized spacial score (nSPS) is 11.7. The lowest BCUT2D eigenvalue weighted by atomic mass is 10.1. The quantitative estimate of drug-likeness (QED) is 0.383. The third-order valence-electron chi connectivity index (χ3n) is 3.61. The molecule has 2 heterocycles. The van der Waals surface area contributed by atoms with Gasteiger partial charge in [-0.25, -0.2) is 5.43 Å². The molecule has 29 heavy (non-hydrogen) atoms. The Kier molecular flexibility index (Phi) is 5.43. The van der Waals surface area contributed by atoms with E-state index < -0.39 is 29.2 Å². The minimum Gasteiger partial charge on any atom is -0.455 e. The molecular weight excluding hydrogens is 395 g/mol. The lowest BCUT2D eigenvalue weighted by Crippen LogP contribution is -2.23. The lowest BCUT2D eigenvalue weighted by Gasteiger charge is -2.02. The number of non-ortho nitro benzene ring substituents is 1. The van der Waals surface area contributed by atoms with Gasteiger partial charge in [0.05, 0.1) is 11.1 Å². The van der Waals surface area contributed by atoms with Crippen LogP contribution in [0, 0.1) is 10.1 Å². The highest BCUT2D eigenvalue weighted by molar-refractivity contribution is 5.81. The van der Waals surface area contributed by atoms with Crippen molar-refractivity contribution in [2.24, 2.45) is 5.10 Å². The Morgan fingerprint density at radius 3 is 2.59 bits per heavy atom. The first-order valence-corrected chi connectivity index (χ1v) is 7.99. The lowest BCUT2D eigenvalue weighted by molar-refractivity contribution is -0.384. The van der Waals surface area contributed by atoms with Crippen molar-refractivity contribution in [1.29, 1.82) is 0 Å². The maximum absolute atomic E-state index is 12.5. The predicted octanol–water partition coefficient (Wildman–Crippen LogP) is 3.22. The van der Waals surface area contributed by atoms with Crippen LogP contribution in [0.4, 0.5) is 18.9 Å². The Hall–Kier alpha value is -3.96. The van der Waals surface area contributed by atoms with E-state index >= 15 is 0 Å². The molecule has 0 saturated heterocycles. The molecule has 150 valence electrons. The van der Waals surface area contributed by atoms with Gasteiger partial charge < -0.3 is 4.42 Å². The molecule has 3 aromatic rings. The highest BCUT2D eigenvalue weighted by Gasteiger charge is 2.33. The molecule has 2 aromatic heterocycles. The predicted molar refractivity (Wildman–Crippen MR) is 93.8 cm³/mol. The third kappa shape index (κ3) is 5.06. The van der Waals surface area contributed by atoms with E-state index in [-0.39, 0.29) is 11.4 Å². The molecular formula is C17H12F3N5O4. The number of nitro groups is 1. The van der Waals surface area contributed by atoms with Gasteiger partial charge in [0.25, 0.3) is 11.6 Å². The number of nitrogens with one attached hydrogen (secondary N) is 1. The largest absolute Gasteiger partial charge is 0.455 e. The summed E-state index contributed by atoms with van der Waals surface area (Å²) in [5.41, 5.74) is 1.61. The van der Waals surface area contributed by atoms with E-state index in [1.807, 2.05) is 0 Å². The molecule has 0 fully saturated rings. The molecule has 0 radical (unpaired) electrons. The van der Waals surface area contributed by atoms with E-state index in [1.54, 1.807) is 12.1 Å². The fourth-order valence-electron chi connectivity index (χ4n) is 2.28. The number of hydrazone groups is 1. The average Bonchev–Trinajstić information content (AvgIpc) is 3.31. The van der Waals surface area contributed by atoms with Crippen molar-refractivity contribution >= 4 is 17.8 Å². The first-order chi connectivity index (χ1) is 13.7. The van der Waals surface area contributed by atoms with Gasteiger partial charge in [-0.05, 0) is 30.3 Å². The number of halogens is 3. The minimum atomic E-state index is -4.58. The summed E-state index contributed by atoms with van der Waals surface area (Å²) in [7, 11) is 0. The Balaban J connectivity index is 1.56. The maximum atomic E-state index is 12.5. The van der Waals surface area contributed by atoms with Crippen LogP contribution in [0.5, 0.6) is 0 Å². The third-order valence-corrected chi connectivity index (χ3v) is 3.61. The van der Waals surface area contributed by atoms with E-state index in [1.165, 1.54) is 30.5 Å². The molecule has 12 heteroatoms. The molecule has 9 nitrogen and oxygen atoms in total. The number of hydrogen-bond donors (Lipinski definition) is 1. The zero-order valence-corrected chi connectivity index (χ0v) is 14.5. The molecule has 0 aliphatic rings. The van der Waals surface area contributed by atoms with Crippen molar-refractivity contribution in [2.45, 2.75) is 12.7 Å². The highest BCUT2D eigenvalue weighted by Crippen LogP contribution is 2.27. The first kappa shape index (κ1) is 19.8. The molecule has 1 amide bonds. The highest BCUT2D eigenvalue weighted by atomic mass is 19.4. The van der Waals surface area contributed by atoms with Crippen molar-refractivity contribution < 1.29 is 27.3 Å². The van der Waals surface area contributed by atoms with Crippen LogP contribution in [0.3, 0.4) is 0 Å². The Morgan fingerprint density at radius 2 is 1.97 bits per heavy atom. The number of furan rings is 1. The summed E-state index contributed by atoms with van der Waals surface area (Å²) in [6, 6.07) is 9.68. The van der Waals surface area contributed by atoms with Crippen molar-refractivity contribution in [3.63, 3.8) is 0 Å². The number of benzene rings is 1. The fourth-order valence-corrected chi connectivity index (χ4v) is 2.28. The van der Waals surface area contributed by atoms with E-state index in [4.69, 9.17) is 4.42 Å². The number of aromatic nitrogens is 2. The van der Waals surface area contributed by atoms with Gasteiger partial charge in [0.2, 0.25) is 0 Å². The molecule has 3 rings (SSSR count). The number of amides is 1. The monoisotopic (exact) mass is 407 g/mol. The summed E-state index contributed by atoms with van der Waals surface area (Å²) in [4.78, 5) is 21.9. The van der Waals surface area contributed by atoms with Gasteiger partial charge >= 0.3 is 6.18 Å². The van der Waals surface area contributed by atoms with Crippen LogP contribution in [0.15, 0.2) is 58.2 Å². The Labute approximate surface area is 160 Å². The van der Waals surface area contributed by atoms with Crippen LogP contribution in [-0.2, 0) is 17.5 Å². The van der Waals surface area contributed by atoms with Crippen LogP contribution in [0.25, 0.3) is 11.3 Å². The first-order valence-electron chi connectivity index (χ1n) is 7.99. The summed E-state index contributed by atoms with van der Waals surface area (Å²) in [5.74, 6) is 0.0428. The number of rotatable bonds is 6. The second kappa shape index (κ2) is 7.96. The van der Waals surface area contributed by atoms with E-state index in [2.05, 4.69) is 15.6 Å². The molecule has 0 aliphatic carbocycles. The zero-order chi connectivity index (χ0) is 21.0. The van der Waals surface area contributed by atoms with E-state index in [9.17, 15) is 28.1 Å². The summed E-state index contributed by atoms with van der Waals surface area (Å²) >= 11 is 0. The fraction of sp³-hybridized carbons (Fsp3) is 0.118. The van der Waals surface area contributed by atoms with Gasteiger partial charge in [-0.3, -0.25) is 19.6 Å². The molecule has 0 bridgehead atoms. The number of nitro benzene ring substituents is 1. The Morgan fingerprint density at radius 1 is 1.24 bits per heavy atom. The topological polar surface area (TPSA) is 116 Å². The zero-order valence-electron chi connectivity index (χ0n) is 14.5. The van der Waals surface area contributed by atoms with Crippen LogP contribution in [0.1, 0.15) is 11.5 Å². The van der Waals surface area contributed by atoms with Gasteiger partial charge in [-0.15, -0.1) is 0 Å². The summed E-state index contributed by atoms with van der Waals surface area (Å²) in [5, 5.41) is 17.6. The number of carbonyl (C=O) groups excluding carboxylic acids is 1. The van der Waals surface area contributed by atoms with Gasteiger partial charge in [0.1, 0.15) is 18.1 Å². The van der Waals surface area contributed by atoms with Crippen molar-refractivity contribution in [1.82, 2.24) is 15.2 Å². The number of carbonyl (C=O) groups is 1. The molecule has 0 aliphatic heterocycles. The smallest absolute Gasteiger partial charge is 0.435 e. The molecule has 0 atom stereocenters. The van der Waals surface area contributed by atoms with Crippen LogP contribution >= 0.6 is 0 Å². The molecule has 0 unspecified atom stereocenters. The van der Waals surface area contributed by atoms with E-state index in [0.29, 0.717) is 11.3 Å². The Bertz CT molecular complexity index is 1050. The molecule has 0 spiro atoms. The van der Waals surface area contributed by atoms with Crippen LogP contribution in [0.2, 0.25) is 0 Å². The van der Waals surface area contributed by atoms with Crippen molar-refractivity contribution in [3.8, 4) is 11.3 Å². The van der Waals surface area contributed by atoms with Gasteiger partial charge in [-0.2, -0.15) is 23.4 Å². The van der Waals surface area contributed by atoms with Crippen molar-refractivity contribution in [2.75, 3.05) is 0 Å². The summed E-state index contributed by atoms with van der Waals surface area (Å²) in [6.07, 6.45) is -2.34. The summed E-state index contributed by atoms with van der Waals surface area (Å²) in [6.45, 7) is -0.445. The summed E-state index contributed by atoms with van der Waals surface area (Å²) < 4.78 is 43.7. The minimum absolute atomic E-state index is 0.0515. The molecule has 1 aromatic carbocycles. The van der Waals surface area contributed by atoms with Gasteiger partial charge in [-0.1, -0.05) is 0 Å². The van der Waals surface area contributed by atoms with Crippen LogP contribution in [-0.4, -0.2) is 26.8 Å². The van der Waals surface area contributed by atoms with Gasteiger partial charge in [0, 0.05) is 23.9 Å². The van der Waals surface area contributed by atoms with Crippen LogP contribution < -0.4 is 5.43 Å². The number of hydrogen-bond acceptors (Lipinski definition) is 6.